The van der Waals surface area contributed by atoms with Gasteiger partial charge in [-0.3, -0.25) is 9.59 Å². The fourth-order valence-corrected chi connectivity index (χ4v) is 3.63. The average molecular weight is 426 g/mol. The van der Waals surface area contributed by atoms with E-state index >= 15 is 0 Å². The van der Waals surface area contributed by atoms with Gasteiger partial charge in [0.15, 0.2) is 22.4 Å². The van der Waals surface area contributed by atoms with Crippen molar-refractivity contribution in [3.63, 3.8) is 0 Å². The molecule has 0 saturated carbocycles. The predicted octanol–water partition coefficient (Wildman–Crippen LogP) is 3.50. The van der Waals surface area contributed by atoms with Crippen LogP contribution in [-0.2, 0) is 4.79 Å². The van der Waals surface area contributed by atoms with Crippen LogP contribution in [-0.4, -0.2) is 42.2 Å². The molecule has 2 aromatic carbocycles. The number of nitrogens with zero attached hydrogens (tertiary/aromatic N) is 1. The number of aliphatic imine (C=N–C) groups is 1. The van der Waals surface area contributed by atoms with Crippen molar-refractivity contribution in [2.75, 3.05) is 14.2 Å². The Hall–Kier alpha value is -3.59. The molecule has 0 unspecified atom stereocenters. The summed E-state index contributed by atoms with van der Waals surface area (Å²) in [4.78, 5) is 40.1. The predicted molar refractivity (Wildman–Crippen MR) is 114 cm³/mol. The van der Waals surface area contributed by atoms with E-state index in [9.17, 15) is 19.5 Å². The Bertz CT molecular complexity index is 1090. The number of thioether (sulfide) groups is 1. The van der Waals surface area contributed by atoms with Crippen LogP contribution < -0.4 is 14.8 Å². The third-order valence-electron chi connectivity index (χ3n) is 4.23. The van der Waals surface area contributed by atoms with Gasteiger partial charge in [0, 0.05) is 5.56 Å². The summed E-state index contributed by atoms with van der Waals surface area (Å²) in [6, 6.07) is 9.78. The van der Waals surface area contributed by atoms with Crippen LogP contribution in [0.5, 0.6) is 11.5 Å². The topological polar surface area (TPSA) is 114 Å². The number of hydrogen-bond acceptors (Lipinski definition) is 7. The van der Waals surface area contributed by atoms with Crippen molar-refractivity contribution < 1.29 is 29.0 Å². The Morgan fingerprint density at radius 1 is 1.10 bits per heavy atom. The smallest absolute Gasteiger partial charge is 0.340 e. The summed E-state index contributed by atoms with van der Waals surface area (Å²) in [6.07, 6.45) is 1.47. The highest BCUT2D eigenvalue weighted by Crippen LogP contribution is 2.36. The van der Waals surface area contributed by atoms with Gasteiger partial charge in [-0.2, -0.15) is 0 Å². The van der Waals surface area contributed by atoms with Gasteiger partial charge in [-0.05, 0) is 60.7 Å². The fourth-order valence-electron chi connectivity index (χ4n) is 2.79. The quantitative estimate of drug-likeness (QED) is 0.537. The summed E-state index contributed by atoms with van der Waals surface area (Å²) < 4.78 is 10.3. The molecule has 1 fully saturated rings. The zero-order chi connectivity index (χ0) is 21.8. The molecule has 2 N–H and O–H groups in total. The van der Waals surface area contributed by atoms with Crippen molar-refractivity contribution in [3.05, 3.63) is 58.0 Å². The third-order valence-corrected chi connectivity index (χ3v) is 5.14. The number of carboxylic acids is 1. The molecule has 8 nitrogen and oxygen atoms in total. The molecular formula is C21H18N2O6S. The van der Waals surface area contributed by atoms with Gasteiger partial charge >= 0.3 is 5.97 Å². The van der Waals surface area contributed by atoms with Crippen molar-refractivity contribution >= 4 is 46.4 Å². The van der Waals surface area contributed by atoms with Crippen molar-refractivity contribution in [1.29, 1.82) is 0 Å². The molecule has 30 heavy (non-hydrogen) atoms. The standard InChI is InChI=1S/C21H18N2O6S/c1-11(24)12-4-7-14(8-5-12)22-21-23-19(25)16(30-21)10-13-6-9-15(28-2)18(29-3)17(13)20(26)27/h4-10H,1-3H3,(H,26,27)(H,22,23,25)/b16-10+. The van der Waals surface area contributed by atoms with Gasteiger partial charge in [-0.25, -0.2) is 9.79 Å². The van der Waals surface area contributed by atoms with E-state index in [1.54, 1.807) is 36.4 Å². The van der Waals surface area contributed by atoms with Crippen LogP contribution in [0.3, 0.4) is 0 Å². The number of amidine groups is 1. The van der Waals surface area contributed by atoms with Gasteiger partial charge in [0.05, 0.1) is 24.8 Å². The number of rotatable bonds is 6. The molecule has 0 radical (unpaired) electrons. The molecule has 154 valence electrons. The van der Waals surface area contributed by atoms with Crippen LogP contribution in [0.15, 0.2) is 46.3 Å². The first-order chi connectivity index (χ1) is 14.3. The molecule has 1 aliphatic rings. The zero-order valence-corrected chi connectivity index (χ0v) is 17.2. The molecular weight excluding hydrogens is 408 g/mol. The highest BCUT2D eigenvalue weighted by molar-refractivity contribution is 8.18. The van der Waals surface area contributed by atoms with E-state index in [1.165, 1.54) is 27.2 Å². The maximum Gasteiger partial charge on any atom is 0.340 e. The maximum absolute atomic E-state index is 12.4. The molecule has 0 spiro atoms. The van der Waals surface area contributed by atoms with Crippen LogP contribution in [0.4, 0.5) is 5.69 Å². The van der Waals surface area contributed by atoms with Crippen molar-refractivity contribution in [2.45, 2.75) is 6.92 Å². The number of ether oxygens (including phenoxy) is 2. The SMILES string of the molecule is COc1ccc(/C=C2/SC(=Nc3ccc(C(C)=O)cc3)NC2=O)c(C(=O)O)c1OC. The lowest BCUT2D eigenvalue weighted by atomic mass is 10.0. The first-order valence-corrected chi connectivity index (χ1v) is 9.54. The van der Waals surface area contributed by atoms with E-state index in [0.717, 1.165) is 11.8 Å². The number of carbonyl (C=O) groups is 3. The van der Waals surface area contributed by atoms with Gasteiger partial charge in [0.2, 0.25) is 0 Å². The fraction of sp³-hybridized carbons (Fsp3) is 0.143. The first-order valence-electron chi connectivity index (χ1n) is 8.73. The Kier molecular flexibility index (Phi) is 6.22. The number of ketones is 1. The third kappa shape index (κ3) is 4.36. The highest BCUT2D eigenvalue weighted by Gasteiger charge is 2.26. The minimum atomic E-state index is -1.21. The van der Waals surface area contributed by atoms with Crippen molar-refractivity contribution in [3.8, 4) is 11.5 Å². The van der Waals surface area contributed by atoms with Crippen LogP contribution in [0.2, 0.25) is 0 Å². The zero-order valence-electron chi connectivity index (χ0n) is 16.4. The molecule has 3 rings (SSSR count). The van der Waals surface area contributed by atoms with Gasteiger partial charge in [-0.15, -0.1) is 0 Å². The second-order valence-corrected chi connectivity index (χ2v) is 7.19. The van der Waals surface area contributed by atoms with E-state index in [1.807, 2.05) is 0 Å². The molecule has 0 bridgehead atoms. The summed E-state index contributed by atoms with van der Waals surface area (Å²) in [5, 5.41) is 12.6. The highest BCUT2D eigenvalue weighted by atomic mass is 32.2. The first kappa shape index (κ1) is 21.1. The largest absolute Gasteiger partial charge is 0.493 e. The minimum Gasteiger partial charge on any atom is -0.493 e. The lowest BCUT2D eigenvalue weighted by Gasteiger charge is -2.12. The Balaban J connectivity index is 1.93. The molecule has 1 aliphatic heterocycles. The summed E-state index contributed by atoms with van der Waals surface area (Å²) in [5.41, 5.74) is 1.33. The molecule has 1 heterocycles. The molecule has 0 aromatic heterocycles. The Labute approximate surface area is 176 Å². The number of aromatic carboxylic acids is 1. The van der Waals surface area contributed by atoms with Gasteiger partial charge in [0.1, 0.15) is 5.56 Å². The number of Topliss-reactive ketones (excluding diaryl/α,β-unsaturated/α-hetero) is 1. The number of carboxylic acid groups (broad SMARTS) is 1. The molecule has 0 aliphatic carbocycles. The molecule has 2 aromatic rings. The van der Waals surface area contributed by atoms with E-state index in [-0.39, 0.29) is 27.8 Å². The molecule has 0 atom stereocenters. The van der Waals surface area contributed by atoms with E-state index in [2.05, 4.69) is 10.3 Å². The number of hydrogen-bond donors (Lipinski definition) is 2. The van der Waals surface area contributed by atoms with E-state index in [4.69, 9.17) is 9.47 Å². The normalized spacial score (nSPS) is 15.9. The number of benzene rings is 2. The summed E-state index contributed by atoms with van der Waals surface area (Å²) in [5.74, 6) is -1.31. The molecule has 1 amide bonds. The van der Waals surface area contributed by atoms with Crippen LogP contribution >= 0.6 is 11.8 Å². The van der Waals surface area contributed by atoms with E-state index in [0.29, 0.717) is 22.0 Å². The van der Waals surface area contributed by atoms with Gasteiger partial charge < -0.3 is 19.9 Å². The lowest BCUT2D eigenvalue weighted by molar-refractivity contribution is -0.115. The van der Waals surface area contributed by atoms with Gasteiger partial charge in [-0.1, -0.05) is 6.07 Å². The lowest BCUT2D eigenvalue weighted by Crippen LogP contribution is -2.19. The monoisotopic (exact) mass is 426 g/mol. The second kappa shape index (κ2) is 8.83. The summed E-state index contributed by atoms with van der Waals surface area (Å²) >= 11 is 1.08. The minimum absolute atomic E-state index is 0.0490. The number of amides is 1. The van der Waals surface area contributed by atoms with Crippen molar-refractivity contribution in [2.24, 2.45) is 4.99 Å². The number of nitrogens with one attached hydrogen (secondary N) is 1. The van der Waals surface area contributed by atoms with Crippen LogP contribution in [0.25, 0.3) is 6.08 Å². The summed E-state index contributed by atoms with van der Waals surface area (Å²) in [6.45, 7) is 1.48. The van der Waals surface area contributed by atoms with Crippen LogP contribution in [0, 0.1) is 0 Å². The Morgan fingerprint density at radius 3 is 2.37 bits per heavy atom. The van der Waals surface area contributed by atoms with E-state index < -0.39 is 11.9 Å². The average Bonchev–Trinajstić information content (AvgIpc) is 3.06. The molecule has 1 saturated heterocycles. The second-order valence-electron chi connectivity index (χ2n) is 6.16. The van der Waals surface area contributed by atoms with Crippen LogP contribution in [0.1, 0.15) is 33.2 Å². The molecule has 9 heteroatoms. The Morgan fingerprint density at radius 2 is 1.80 bits per heavy atom. The number of methoxy groups -OCH3 is 2. The maximum atomic E-state index is 12.4. The number of carbonyl (C=O) groups excluding carboxylic acids is 2. The summed E-state index contributed by atoms with van der Waals surface area (Å²) in [7, 11) is 2.76. The van der Waals surface area contributed by atoms with Gasteiger partial charge in [0.25, 0.3) is 5.91 Å². The van der Waals surface area contributed by atoms with Crippen molar-refractivity contribution in [1.82, 2.24) is 5.32 Å².